The number of halogens is 8. The summed E-state index contributed by atoms with van der Waals surface area (Å²) in [4.78, 5) is 0. The second kappa shape index (κ2) is 11.1. The van der Waals surface area contributed by atoms with Gasteiger partial charge in [0, 0.05) is 12.1 Å². The molecule has 2 unspecified atom stereocenters. The van der Waals surface area contributed by atoms with E-state index in [9.17, 15) is 40.2 Å². The maximum absolute atomic E-state index is 14.1. The van der Waals surface area contributed by atoms with Gasteiger partial charge in [-0.3, -0.25) is 0 Å². The van der Waals surface area contributed by atoms with Crippen molar-refractivity contribution in [1.82, 2.24) is 5.32 Å². The highest BCUT2D eigenvalue weighted by molar-refractivity contribution is 5.43. The van der Waals surface area contributed by atoms with Crippen molar-refractivity contribution in [1.29, 1.82) is 0 Å². The molecule has 0 radical (unpaired) electrons. The quantitative estimate of drug-likeness (QED) is 0.279. The molecule has 2 N–H and O–H groups in total. The topological polar surface area (TPSA) is 41.5 Å². The Morgan fingerprint density at radius 2 is 1.36 bits per heavy atom. The lowest BCUT2D eigenvalue weighted by atomic mass is 9.92. The van der Waals surface area contributed by atoms with Gasteiger partial charge in [-0.25, -0.2) is 0 Å². The molecule has 1 aliphatic carbocycles. The number of aliphatic hydroxyl groups is 1. The first-order chi connectivity index (χ1) is 18.3. The fourth-order valence-corrected chi connectivity index (χ4v) is 4.52. The van der Waals surface area contributed by atoms with Crippen molar-refractivity contribution in [2.24, 2.45) is 0 Å². The van der Waals surface area contributed by atoms with Gasteiger partial charge in [-0.1, -0.05) is 36.4 Å². The van der Waals surface area contributed by atoms with Gasteiger partial charge in [-0.05, 0) is 78.3 Å². The van der Waals surface area contributed by atoms with Crippen molar-refractivity contribution in [3.8, 4) is 11.5 Å². The second-order valence-corrected chi connectivity index (χ2v) is 9.41. The largest absolute Gasteiger partial charge is 0.458 e. The summed E-state index contributed by atoms with van der Waals surface area (Å²) in [5, 5.41) is 11.9. The Kier molecular flexibility index (Phi) is 8.22. The highest BCUT2D eigenvalue weighted by atomic mass is 19.4. The molecular weight excluding hydrogens is 534 g/mol. The molecule has 4 rings (SSSR count). The van der Waals surface area contributed by atoms with E-state index in [-0.39, 0.29) is 16.9 Å². The molecule has 39 heavy (non-hydrogen) atoms. The fraction of sp³-hybridized carbons (Fsp3) is 0.357. The van der Waals surface area contributed by atoms with Crippen LogP contribution in [-0.4, -0.2) is 30.1 Å². The van der Waals surface area contributed by atoms with E-state index in [1.54, 1.807) is 12.1 Å². The van der Waals surface area contributed by atoms with Gasteiger partial charge in [-0.2, -0.15) is 35.1 Å². The van der Waals surface area contributed by atoms with E-state index in [1.165, 1.54) is 29.8 Å². The zero-order chi connectivity index (χ0) is 28.4. The zero-order valence-corrected chi connectivity index (χ0v) is 20.4. The SMILES string of the molecule is OC(CNC(c1cccc(Oc2ccc3c(c2)CCCC3)c1)c1cccc(C(F)(F)C(F)(F)F)c1)C(F)(F)F. The Balaban J connectivity index is 1.67. The summed E-state index contributed by atoms with van der Waals surface area (Å²) < 4.78 is 112. The monoisotopic (exact) mass is 559 g/mol. The fourth-order valence-electron chi connectivity index (χ4n) is 4.52. The van der Waals surface area contributed by atoms with E-state index < -0.39 is 42.5 Å². The third-order valence-corrected chi connectivity index (χ3v) is 6.58. The summed E-state index contributed by atoms with van der Waals surface area (Å²) in [7, 11) is 0. The van der Waals surface area contributed by atoms with Crippen LogP contribution in [0.1, 0.15) is 46.7 Å². The molecule has 11 heteroatoms. The number of aliphatic hydroxyl groups excluding tert-OH is 1. The van der Waals surface area contributed by atoms with Crippen molar-refractivity contribution < 1.29 is 45.0 Å². The first kappa shape index (κ1) is 28.8. The lowest BCUT2D eigenvalue weighted by molar-refractivity contribution is -0.289. The van der Waals surface area contributed by atoms with Crippen LogP contribution in [-0.2, 0) is 18.8 Å². The molecule has 0 amide bonds. The van der Waals surface area contributed by atoms with Crippen LogP contribution < -0.4 is 10.1 Å². The molecule has 0 aliphatic heterocycles. The van der Waals surface area contributed by atoms with Crippen molar-refractivity contribution in [3.63, 3.8) is 0 Å². The molecule has 2 atom stereocenters. The highest BCUT2D eigenvalue weighted by Gasteiger charge is 2.58. The maximum Gasteiger partial charge on any atom is 0.458 e. The Labute approximate surface area is 219 Å². The van der Waals surface area contributed by atoms with Crippen LogP contribution in [0.15, 0.2) is 66.7 Å². The van der Waals surface area contributed by atoms with Crippen molar-refractivity contribution >= 4 is 0 Å². The molecule has 0 bridgehead atoms. The van der Waals surface area contributed by atoms with Gasteiger partial charge in [-0.15, -0.1) is 0 Å². The highest BCUT2D eigenvalue weighted by Crippen LogP contribution is 2.44. The number of benzene rings is 3. The smallest absolute Gasteiger partial charge is 0.457 e. The van der Waals surface area contributed by atoms with E-state index >= 15 is 0 Å². The Morgan fingerprint density at radius 1 is 0.744 bits per heavy atom. The minimum Gasteiger partial charge on any atom is -0.457 e. The molecule has 3 nitrogen and oxygen atoms in total. The van der Waals surface area contributed by atoms with Gasteiger partial charge < -0.3 is 15.2 Å². The molecule has 0 heterocycles. The average Bonchev–Trinajstić information content (AvgIpc) is 2.88. The zero-order valence-electron chi connectivity index (χ0n) is 20.4. The van der Waals surface area contributed by atoms with Crippen molar-refractivity contribution in [3.05, 3.63) is 94.5 Å². The summed E-state index contributed by atoms with van der Waals surface area (Å²) in [6.45, 7) is -1.04. The second-order valence-electron chi connectivity index (χ2n) is 9.41. The van der Waals surface area contributed by atoms with E-state index in [4.69, 9.17) is 4.74 Å². The van der Waals surface area contributed by atoms with Gasteiger partial charge in [0.1, 0.15) is 11.5 Å². The Bertz CT molecular complexity index is 1290. The van der Waals surface area contributed by atoms with Gasteiger partial charge in [0.15, 0.2) is 6.10 Å². The van der Waals surface area contributed by atoms with E-state index in [2.05, 4.69) is 5.32 Å². The van der Waals surface area contributed by atoms with Gasteiger partial charge in [0.25, 0.3) is 0 Å². The van der Waals surface area contributed by atoms with Gasteiger partial charge in [0.05, 0.1) is 6.04 Å². The predicted octanol–water partition coefficient (Wildman–Crippen LogP) is 7.61. The first-order valence-corrected chi connectivity index (χ1v) is 12.2. The van der Waals surface area contributed by atoms with Crippen LogP contribution in [0.25, 0.3) is 0 Å². The van der Waals surface area contributed by atoms with Crippen LogP contribution in [0.3, 0.4) is 0 Å². The van der Waals surface area contributed by atoms with E-state index in [0.29, 0.717) is 17.9 Å². The van der Waals surface area contributed by atoms with Crippen LogP contribution in [0.2, 0.25) is 0 Å². The molecule has 0 fully saturated rings. The summed E-state index contributed by atoms with van der Waals surface area (Å²) >= 11 is 0. The predicted molar refractivity (Wildman–Crippen MR) is 128 cm³/mol. The number of fused-ring (bicyclic) bond motifs is 1. The number of alkyl halides is 8. The maximum atomic E-state index is 14.1. The molecule has 3 aromatic carbocycles. The van der Waals surface area contributed by atoms with Crippen LogP contribution in [0.4, 0.5) is 35.1 Å². The number of ether oxygens (including phenoxy) is 1. The molecule has 3 aromatic rings. The van der Waals surface area contributed by atoms with Crippen molar-refractivity contribution in [2.45, 2.75) is 56.1 Å². The molecule has 0 saturated heterocycles. The normalized spacial score (nSPS) is 15.9. The van der Waals surface area contributed by atoms with Gasteiger partial charge in [0.2, 0.25) is 0 Å². The Hall–Kier alpha value is -3.18. The summed E-state index contributed by atoms with van der Waals surface area (Å²) in [5.74, 6) is -4.38. The molecule has 0 aromatic heterocycles. The number of nitrogens with one attached hydrogen (secondary N) is 1. The first-order valence-electron chi connectivity index (χ1n) is 12.2. The Morgan fingerprint density at radius 3 is 2.03 bits per heavy atom. The molecule has 0 spiro atoms. The molecule has 210 valence electrons. The number of hydrogen-bond donors (Lipinski definition) is 2. The minimum atomic E-state index is -5.87. The summed E-state index contributed by atoms with van der Waals surface area (Å²) in [6.07, 6.45) is -9.62. The van der Waals surface area contributed by atoms with Crippen LogP contribution in [0.5, 0.6) is 11.5 Å². The van der Waals surface area contributed by atoms with E-state index in [1.807, 2.05) is 12.1 Å². The van der Waals surface area contributed by atoms with E-state index in [0.717, 1.165) is 37.3 Å². The third-order valence-electron chi connectivity index (χ3n) is 6.58. The van der Waals surface area contributed by atoms with Gasteiger partial charge >= 0.3 is 18.3 Å². The lowest BCUT2D eigenvalue weighted by Gasteiger charge is -2.25. The number of aryl methyl sites for hydroxylation is 2. The molecule has 0 saturated carbocycles. The number of hydrogen-bond acceptors (Lipinski definition) is 3. The van der Waals surface area contributed by atoms with Crippen LogP contribution in [0, 0.1) is 0 Å². The summed E-state index contributed by atoms with van der Waals surface area (Å²) in [6, 6.07) is 13.7. The standard InChI is InChI=1S/C28H25F8NO2/c29-26(30,28(34,35)36)21-9-3-7-19(13-21)25(37-16-24(38)27(31,32)33)20-8-4-10-22(15-20)39-23-12-11-17-5-1-2-6-18(17)14-23/h3-4,7-15,24-25,37-38H,1-2,5-6,16H2. The average molecular weight is 559 g/mol. The number of rotatable bonds is 8. The van der Waals surface area contributed by atoms with Crippen LogP contribution >= 0.6 is 0 Å². The third kappa shape index (κ3) is 6.70. The summed E-state index contributed by atoms with van der Waals surface area (Å²) in [5.41, 5.74) is 1.09. The minimum absolute atomic E-state index is 0.156. The lowest BCUT2D eigenvalue weighted by Crippen LogP contribution is -2.40. The molecule has 1 aliphatic rings. The molecular formula is C28H25F8NO2. The van der Waals surface area contributed by atoms with Crippen molar-refractivity contribution in [2.75, 3.05) is 6.54 Å².